The van der Waals surface area contributed by atoms with Crippen LogP contribution in [0.4, 0.5) is 0 Å². The molecule has 1 aromatic rings. The predicted molar refractivity (Wildman–Crippen MR) is 115 cm³/mol. The lowest BCUT2D eigenvalue weighted by atomic mass is 10.0. The van der Waals surface area contributed by atoms with Crippen LogP contribution in [0.15, 0.2) is 4.99 Å². The van der Waals surface area contributed by atoms with Gasteiger partial charge in [-0.1, -0.05) is 6.42 Å². The first kappa shape index (κ1) is 21.6. The Kier molecular flexibility index (Phi) is 9.51. The summed E-state index contributed by atoms with van der Waals surface area (Å²) in [6.07, 6.45) is 4.01. The molecule has 138 valence electrons. The van der Waals surface area contributed by atoms with E-state index in [2.05, 4.69) is 53.2 Å². The number of aromatic nitrogens is 1. The van der Waals surface area contributed by atoms with Gasteiger partial charge in [-0.05, 0) is 47.1 Å². The van der Waals surface area contributed by atoms with Crippen LogP contribution in [0.1, 0.15) is 48.7 Å². The summed E-state index contributed by atoms with van der Waals surface area (Å²) in [5.74, 6) is 0.854. The van der Waals surface area contributed by atoms with Crippen LogP contribution in [-0.4, -0.2) is 48.1 Å². The molecule has 2 atom stereocenters. The zero-order valence-corrected chi connectivity index (χ0v) is 18.7. The van der Waals surface area contributed by atoms with Gasteiger partial charge in [-0.2, -0.15) is 0 Å². The maximum atomic E-state index is 4.56. The molecule has 0 amide bonds. The molecule has 2 unspecified atom stereocenters. The first-order chi connectivity index (χ1) is 11.0. The molecule has 0 spiro atoms. The van der Waals surface area contributed by atoms with Crippen LogP contribution in [0.5, 0.6) is 0 Å². The second-order valence-corrected chi connectivity index (χ2v) is 7.78. The molecule has 0 bridgehead atoms. The topological polar surface area (TPSA) is 52.6 Å². The zero-order chi connectivity index (χ0) is 16.8. The van der Waals surface area contributed by atoms with Crippen molar-refractivity contribution in [3.63, 3.8) is 0 Å². The summed E-state index contributed by atoms with van der Waals surface area (Å²) >= 11 is 1.75. The summed E-state index contributed by atoms with van der Waals surface area (Å²) in [4.78, 5) is 12.8. The molecule has 1 aliphatic heterocycles. The van der Waals surface area contributed by atoms with Crippen molar-refractivity contribution in [2.75, 3.05) is 20.1 Å². The number of aliphatic imine (C=N–C) groups is 1. The van der Waals surface area contributed by atoms with Crippen molar-refractivity contribution < 1.29 is 0 Å². The fourth-order valence-electron chi connectivity index (χ4n) is 3.13. The Morgan fingerprint density at radius 3 is 2.71 bits per heavy atom. The van der Waals surface area contributed by atoms with Crippen molar-refractivity contribution in [3.05, 3.63) is 15.6 Å². The molecule has 1 aromatic heterocycles. The summed E-state index contributed by atoms with van der Waals surface area (Å²) < 4.78 is 0. The van der Waals surface area contributed by atoms with Gasteiger partial charge in [0, 0.05) is 30.6 Å². The average Bonchev–Trinajstić information content (AvgIpc) is 2.86. The highest BCUT2D eigenvalue weighted by Gasteiger charge is 2.22. The summed E-state index contributed by atoms with van der Waals surface area (Å²) in [5.41, 5.74) is 1.13. The number of nitrogens with zero attached hydrogens (tertiary/aromatic N) is 3. The van der Waals surface area contributed by atoms with E-state index in [4.69, 9.17) is 0 Å². The molecule has 2 heterocycles. The first-order valence-corrected chi connectivity index (χ1v) is 9.46. The first-order valence-electron chi connectivity index (χ1n) is 8.64. The van der Waals surface area contributed by atoms with Gasteiger partial charge in [-0.3, -0.25) is 9.89 Å². The highest BCUT2D eigenvalue weighted by atomic mass is 127. The SMILES string of the molecule is CN=C(NCc1nc(C)c(C)s1)NCC(C)N1CCCCC1C.I. The monoisotopic (exact) mass is 465 g/mol. The number of likely N-dealkylation sites (tertiary alicyclic amines) is 1. The highest BCUT2D eigenvalue weighted by Crippen LogP contribution is 2.18. The molecule has 1 saturated heterocycles. The van der Waals surface area contributed by atoms with E-state index in [1.165, 1.54) is 30.7 Å². The van der Waals surface area contributed by atoms with Crippen molar-refractivity contribution >= 4 is 41.3 Å². The largest absolute Gasteiger partial charge is 0.355 e. The van der Waals surface area contributed by atoms with Gasteiger partial charge in [0.05, 0.1) is 12.2 Å². The molecule has 0 saturated carbocycles. The molecule has 2 rings (SSSR count). The van der Waals surface area contributed by atoms with Crippen LogP contribution < -0.4 is 10.6 Å². The summed E-state index contributed by atoms with van der Waals surface area (Å²) in [5, 5.41) is 7.93. The van der Waals surface area contributed by atoms with Crippen molar-refractivity contribution in [1.29, 1.82) is 0 Å². The quantitative estimate of drug-likeness (QED) is 0.398. The van der Waals surface area contributed by atoms with Crippen molar-refractivity contribution in [2.45, 2.75) is 65.6 Å². The van der Waals surface area contributed by atoms with E-state index in [9.17, 15) is 0 Å². The van der Waals surface area contributed by atoms with E-state index in [1.807, 2.05) is 7.05 Å². The smallest absolute Gasteiger partial charge is 0.191 e. The molecule has 2 N–H and O–H groups in total. The van der Waals surface area contributed by atoms with Gasteiger partial charge in [0.1, 0.15) is 5.01 Å². The minimum absolute atomic E-state index is 0. The number of thiazole rings is 1. The van der Waals surface area contributed by atoms with Crippen molar-refractivity contribution in [1.82, 2.24) is 20.5 Å². The van der Waals surface area contributed by atoms with Crippen LogP contribution in [0.2, 0.25) is 0 Å². The maximum Gasteiger partial charge on any atom is 0.191 e. The molecule has 0 aliphatic carbocycles. The number of rotatable bonds is 5. The molecule has 0 radical (unpaired) electrons. The Balaban J connectivity index is 0.00000288. The minimum atomic E-state index is 0. The highest BCUT2D eigenvalue weighted by molar-refractivity contribution is 14.0. The van der Waals surface area contributed by atoms with E-state index in [0.717, 1.165) is 29.8 Å². The Morgan fingerprint density at radius 1 is 1.38 bits per heavy atom. The van der Waals surface area contributed by atoms with Crippen LogP contribution in [-0.2, 0) is 6.54 Å². The van der Waals surface area contributed by atoms with Crippen LogP contribution in [0, 0.1) is 13.8 Å². The Morgan fingerprint density at radius 2 is 2.12 bits per heavy atom. The van der Waals surface area contributed by atoms with Gasteiger partial charge < -0.3 is 10.6 Å². The lowest BCUT2D eigenvalue weighted by molar-refractivity contribution is 0.115. The van der Waals surface area contributed by atoms with Gasteiger partial charge in [-0.15, -0.1) is 35.3 Å². The van der Waals surface area contributed by atoms with Crippen molar-refractivity contribution in [3.8, 4) is 0 Å². The van der Waals surface area contributed by atoms with E-state index >= 15 is 0 Å². The molecule has 0 aromatic carbocycles. The molecule has 24 heavy (non-hydrogen) atoms. The van der Waals surface area contributed by atoms with E-state index < -0.39 is 0 Å². The minimum Gasteiger partial charge on any atom is -0.355 e. The Hall–Kier alpha value is -0.410. The molecule has 5 nitrogen and oxygen atoms in total. The maximum absolute atomic E-state index is 4.56. The van der Waals surface area contributed by atoms with Crippen LogP contribution in [0.25, 0.3) is 0 Å². The lowest BCUT2D eigenvalue weighted by Gasteiger charge is -2.38. The normalized spacial score (nSPS) is 20.4. The summed E-state index contributed by atoms with van der Waals surface area (Å²) in [6, 6.07) is 1.21. The molecule has 7 heteroatoms. The standard InChI is InChI=1S/C17H31N5S.HI/c1-12-8-6-7-9-22(12)13(2)10-19-17(18-5)20-11-16-21-14(3)15(4)23-16;/h12-13H,6-11H2,1-5H3,(H2,18,19,20);1H. The van der Waals surface area contributed by atoms with Gasteiger partial charge in [-0.25, -0.2) is 4.98 Å². The number of hydrogen-bond donors (Lipinski definition) is 2. The third-order valence-corrected chi connectivity index (χ3v) is 5.76. The Labute approximate surface area is 167 Å². The van der Waals surface area contributed by atoms with Crippen molar-refractivity contribution in [2.24, 2.45) is 4.99 Å². The number of halogens is 1. The third-order valence-electron chi connectivity index (χ3n) is 4.69. The summed E-state index contributed by atoms with van der Waals surface area (Å²) in [7, 11) is 1.82. The predicted octanol–water partition coefficient (Wildman–Crippen LogP) is 3.31. The van der Waals surface area contributed by atoms with Gasteiger partial charge in [0.25, 0.3) is 0 Å². The van der Waals surface area contributed by atoms with Gasteiger partial charge >= 0.3 is 0 Å². The molecule has 1 aliphatic rings. The zero-order valence-electron chi connectivity index (χ0n) is 15.6. The Bertz CT molecular complexity index is 512. The number of hydrogen-bond acceptors (Lipinski definition) is 4. The fraction of sp³-hybridized carbons (Fsp3) is 0.765. The van der Waals surface area contributed by atoms with Crippen LogP contribution in [0.3, 0.4) is 0 Å². The lowest BCUT2D eigenvalue weighted by Crippen LogP contribution is -2.50. The fourth-order valence-corrected chi connectivity index (χ4v) is 4.01. The van der Waals surface area contributed by atoms with E-state index in [0.29, 0.717) is 12.1 Å². The molecular weight excluding hydrogens is 433 g/mol. The number of aryl methyl sites for hydroxylation is 2. The van der Waals surface area contributed by atoms with Gasteiger partial charge in [0.2, 0.25) is 0 Å². The average molecular weight is 465 g/mol. The second-order valence-electron chi connectivity index (χ2n) is 6.49. The third kappa shape index (κ3) is 6.15. The number of piperidine rings is 1. The number of nitrogens with one attached hydrogen (secondary N) is 2. The van der Waals surface area contributed by atoms with Gasteiger partial charge in [0.15, 0.2) is 5.96 Å². The number of guanidine groups is 1. The van der Waals surface area contributed by atoms with E-state index in [1.54, 1.807) is 11.3 Å². The molecular formula is C17H32IN5S. The molecule has 1 fully saturated rings. The van der Waals surface area contributed by atoms with Crippen LogP contribution >= 0.6 is 35.3 Å². The van der Waals surface area contributed by atoms with E-state index in [-0.39, 0.29) is 24.0 Å². The second kappa shape index (κ2) is 10.6. The summed E-state index contributed by atoms with van der Waals surface area (Å²) in [6.45, 7) is 11.7.